The van der Waals surface area contributed by atoms with Crippen LogP contribution in [0, 0.1) is 19.8 Å². The maximum absolute atomic E-state index is 12.3. The number of nitrogens with zero attached hydrogens (tertiary/aromatic N) is 1. The van der Waals surface area contributed by atoms with Gasteiger partial charge in [0.1, 0.15) is 12.4 Å². The van der Waals surface area contributed by atoms with Gasteiger partial charge in [-0.3, -0.25) is 9.69 Å². The topological polar surface area (TPSA) is 50.8 Å². The third-order valence-corrected chi connectivity index (χ3v) is 6.37. The number of amides is 1. The normalized spacial score (nSPS) is 17.7. The van der Waals surface area contributed by atoms with Crippen molar-refractivity contribution < 1.29 is 14.3 Å². The molecular formula is C24H40N2O3. The Morgan fingerprint density at radius 1 is 1.17 bits per heavy atom. The van der Waals surface area contributed by atoms with E-state index in [9.17, 15) is 4.79 Å². The Kier molecular flexibility index (Phi) is 9.44. The molecule has 0 aliphatic carbocycles. The summed E-state index contributed by atoms with van der Waals surface area (Å²) in [6, 6.07) is 4.96. The van der Waals surface area contributed by atoms with Gasteiger partial charge in [-0.25, -0.2) is 0 Å². The Hall–Kier alpha value is -1.59. The summed E-state index contributed by atoms with van der Waals surface area (Å²) in [5, 5.41) is 3.26. The van der Waals surface area contributed by atoms with E-state index in [1.165, 1.54) is 16.7 Å². The molecule has 1 heterocycles. The van der Waals surface area contributed by atoms with Crippen LogP contribution in [0.3, 0.4) is 0 Å². The highest BCUT2D eigenvalue weighted by molar-refractivity contribution is 5.78. The molecule has 1 amide bonds. The van der Waals surface area contributed by atoms with E-state index >= 15 is 0 Å². The third kappa shape index (κ3) is 6.45. The average molecular weight is 405 g/mol. The predicted molar refractivity (Wildman–Crippen MR) is 119 cm³/mol. The summed E-state index contributed by atoms with van der Waals surface area (Å²) in [6.07, 6.45) is 4.06. The Balaban J connectivity index is 1.92. The summed E-state index contributed by atoms with van der Waals surface area (Å²) in [4.78, 5) is 14.8. The highest BCUT2D eigenvalue weighted by atomic mass is 16.5. The van der Waals surface area contributed by atoms with Gasteiger partial charge in [-0.2, -0.15) is 0 Å². The molecule has 5 heteroatoms. The summed E-state index contributed by atoms with van der Waals surface area (Å²) in [7, 11) is 1.69. The second-order valence-corrected chi connectivity index (χ2v) is 8.43. The highest BCUT2D eigenvalue weighted by Crippen LogP contribution is 2.32. The molecule has 2 rings (SSSR count). The van der Waals surface area contributed by atoms with Crippen molar-refractivity contribution >= 4 is 5.91 Å². The molecule has 164 valence electrons. The average Bonchev–Trinajstić information content (AvgIpc) is 2.71. The number of hydrogen-bond donors (Lipinski definition) is 1. The lowest BCUT2D eigenvalue weighted by atomic mass is 9.94. The molecule has 1 aliphatic heterocycles. The van der Waals surface area contributed by atoms with Gasteiger partial charge in [-0.15, -0.1) is 0 Å². The lowest BCUT2D eigenvalue weighted by molar-refractivity contribution is -0.125. The molecule has 1 fully saturated rings. The van der Waals surface area contributed by atoms with Crippen LogP contribution in [-0.4, -0.2) is 50.3 Å². The molecule has 1 N–H and O–H groups in total. The largest absolute Gasteiger partial charge is 0.491 e. The number of carbonyl (C=O) groups is 1. The van der Waals surface area contributed by atoms with Crippen molar-refractivity contribution in [3.63, 3.8) is 0 Å². The summed E-state index contributed by atoms with van der Waals surface area (Å²) in [5.41, 5.74) is 3.87. The second kappa shape index (κ2) is 11.6. The highest BCUT2D eigenvalue weighted by Gasteiger charge is 2.26. The molecule has 5 nitrogen and oxygen atoms in total. The molecule has 1 aliphatic rings. The fourth-order valence-corrected chi connectivity index (χ4v) is 4.20. The van der Waals surface area contributed by atoms with Gasteiger partial charge in [0.05, 0.1) is 6.61 Å². The van der Waals surface area contributed by atoms with Gasteiger partial charge in [-0.1, -0.05) is 26.3 Å². The number of piperidine rings is 1. The first kappa shape index (κ1) is 23.7. The van der Waals surface area contributed by atoms with Crippen LogP contribution in [0.25, 0.3) is 0 Å². The monoisotopic (exact) mass is 404 g/mol. The molecular weight excluding hydrogens is 364 g/mol. The third-order valence-electron chi connectivity index (χ3n) is 6.37. The zero-order valence-corrected chi connectivity index (χ0v) is 19.2. The van der Waals surface area contributed by atoms with E-state index in [4.69, 9.17) is 9.47 Å². The van der Waals surface area contributed by atoms with Crippen molar-refractivity contribution in [3.05, 3.63) is 28.8 Å². The maximum Gasteiger partial charge on any atom is 0.223 e. The van der Waals surface area contributed by atoms with Crippen LogP contribution in [0.4, 0.5) is 0 Å². The molecule has 0 bridgehead atoms. The van der Waals surface area contributed by atoms with E-state index in [0.29, 0.717) is 25.3 Å². The molecule has 29 heavy (non-hydrogen) atoms. The first-order valence-electron chi connectivity index (χ1n) is 11.1. The molecule has 0 radical (unpaired) electrons. The minimum atomic E-state index is 0.118. The summed E-state index contributed by atoms with van der Waals surface area (Å²) >= 11 is 0. The van der Waals surface area contributed by atoms with Gasteiger partial charge < -0.3 is 14.8 Å². The van der Waals surface area contributed by atoms with Crippen molar-refractivity contribution in [3.8, 4) is 5.75 Å². The fourth-order valence-electron chi connectivity index (χ4n) is 4.20. The number of likely N-dealkylation sites (tertiary alicyclic amines) is 1. The number of carbonyl (C=O) groups excluding carboxylic acids is 1. The molecule has 2 atom stereocenters. The molecule has 1 aromatic carbocycles. The van der Waals surface area contributed by atoms with Crippen molar-refractivity contribution in [2.45, 2.75) is 72.4 Å². The Bertz CT molecular complexity index is 654. The van der Waals surface area contributed by atoms with E-state index < -0.39 is 0 Å². The Labute approximate surface area is 177 Å². The molecule has 1 aromatic rings. The maximum atomic E-state index is 12.3. The molecule has 1 saturated heterocycles. The minimum absolute atomic E-state index is 0.118. The zero-order valence-electron chi connectivity index (χ0n) is 19.2. The van der Waals surface area contributed by atoms with E-state index in [1.807, 2.05) is 6.92 Å². The lowest BCUT2D eigenvalue weighted by Crippen LogP contribution is -2.46. The summed E-state index contributed by atoms with van der Waals surface area (Å²) in [6.45, 7) is 14.0. The Morgan fingerprint density at radius 3 is 2.48 bits per heavy atom. The SMILES string of the molecule is CCCC(C)C(=O)NC1CCN(C(C)c2ccc(OCCOC)c(C)c2C)CC1. The summed E-state index contributed by atoms with van der Waals surface area (Å²) < 4.78 is 10.9. The van der Waals surface area contributed by atoms with Gasteiger partial charge in [0.25, 0.3) is 0 Å². The number of nitrogens with one attached hydrogen (secondary N) is 1. The van der Waals surface area contributed by atoms with E-state index in [1.54, 1.807) is 7.11 Å². The van der Waals surface area contributed by atoms with E-state index in [2.05, 4.69) is 50.0 Å². The van der Waals surface area contributed by atoms with Crippen LogP contribution in [0.5, 0.6) is 5.75 Å². The fraction of sp³-hybridized carbons (Fsp3) is 0.708. The molecule has 2 unspecified atom stereocenters. The molecule has 0 aromatic heterocycles. The molecule has 0 spiro atoms. The molecule has 0 saturated carbocycles. The second-order valence-electron chi connectivity index (χ2n) is 8.43. The first-order valence-corrected chi connectivity index (χ1v) is 11.1. The Morgan fingerprint density at radius 2 is 1.86 bits per heavy atom. The van der Waals surface area contributed by atoms with Crippen LogP contribution in [0.1, 0.15) is 69.2 Å². The van der Waals surface area contributed by atoms with Crippen molar-refractivity contribution in [1.29, 1.82) is 0 Å². The van der Waals surface area contributed by atoms with Crippen molar-refractivity contribution in [2.75, 3.05) is 33.4 Å². The van der Waals surface area contributed by atoms with Crippen LogP contribution in [0.2, 0.25) is 0 Å². The summed E-state index contributed by atoms with van der Waals surface area (Å²) in [5.74, 6) is 1.28. The first-order chi connectivity index (χ1) is 13.9. The van der Waals surface area contributed by atoms with Crippen molar-refractivity contribution in [2.24, 2.45) is 5.92 Å². The minimum Gasteiger partial charge on any atom is -0.491 e. The smallest absolute Gasteiger partial charge is 0.223 e. The number of rotatable bonds is 10. The van der Waals surface area contributed by atoms with Gasteiger partial charge in [0, 0.05) is 38.2 Å². The van der Waals surface area contributed by atoms with Crippen LogP contribution < -0.4 is 10.1 Å². The standard InChI is InChI=1S/C24H40N2O3/c1-7-8-17(2)24(27)25-21-11-13-26(14-12-21)20(5)22-9-10-23(19(4)18(22)3)29-16-15-28-6/h9-10,17,20-21H,7-8,11-16H2,1-6H3,(H,25,27). The van der Waals surface area contributed by atoms with E-state index in [0.717, 1.165) is 44.5 Å². The lowest BCUT2D eigenvalue weighted by Gasteiger charge is -2.37. The van der Waals surface area contributed by atoms with Crippen molar-refractivity contribution in [1.82, 2.24) is 10.2 Å². The quantitative estimate of drug-likeness (QED) is 0.587. The van der Waals surface area contributed by atoms with Crippen LogP contribution >= 0.6 is 0 Å². The van der Waals surface area contributed by atoms with Crippen LogP contribution in [-0.2, 0) is 9.53 Å². The zero-order chi connectivity index (χ0) is 21.4. The predicted octanol–water partition coefficient (Wildman–Crippen LogP) is 4.41. The van der Waals surface area contributed by atoms with E-state index in [-0.39, 0.29) is 11.8 Å². The van der Waals surface area contributed by atoms with Gasteiger partial charge >= 0.3 is 0 Å². The van der Waals surface area contributed by atoms with Gasteiger partial charge in [0.2, 0.25) is 5.91 Å². The number of ether oxygens (including phenoxy) is 2. The number of benzene rings is 1. The number of methoxy groups -OCH3 is 1. The van der Waals surface area contributed by atoms with Crippen LogP contribution in [0.15, 0.2) is 12.1 Å². The van der Waals surface area contributed by atoms with Gasteiger partial charge in [0.15, 0.2) is 0 Å². The van der Waals surface area contributed by atoms with Gasteiger partial charge in [-0.05, 0) is 62.8 Å². The number of hydrogen-bond acceptors (Lipinski definition) is 4.